The van der Waals surface area contributed by atoms with Gasteiger partial charge in [-0.15, -0.1) is 12.0 Å². The van der Waals surface area contributed by atoms with E-state index in [0.29, 0.717) is 6.26 Å². The fraction of sp³-hybridized carbons (Fsp3) is 0.382. The first-order valence-corrected chi connectivity index (χ1v) is 13.5. The fourth-order valence-corrected chi connectivity index (χ4v) is 4.89. The SMILES string of the molecule is CC(=O)/C(C=N[C@H](c1c(C)cc(C)cc1C)[C@H](N=C/C(C(C)=O)=C(/C)[O-])c1c(C)cc(C)cc1C)=C/[O-].COC(C)=O.[Co+2]. The van der Waals surface area contributed by atoms with E-state index < -0.39 is 12.1 Å². The van der Waals surface area contributed by atoms with Crippen molar-refractivity contribution in [2.75, 3.05) is 7.11 Å². The van der Waals surface area contributed by atoms with Crippen molar-refractivity contribution in [3.63, 3.8) is 0 Å². The van der Waals surface area contributed by atoms with E-state index in [2.05, 4.69) is 29.0 Å². The predicted octanol–water partition coefficient (Wildman–Crippen LogP) is 4.69. The quantitative estimate of drug-likeness (QED) is 0.170. The maximum atomic E-state index is 12.2. The normalized spacial score (nSPS) is 13.4. The number of hydrogen-bond donors (Lipinski definition) is 0. The van der Waals surface area contributed by atoms with Crippen LogP contribution < -0.4 is 10.2 Å². The van der Waals surface area contributed by atoms with Crippen molar-refractivity contribution >= 4 is 30.0 Å². The van der Waals surface area contributed by atoms with Gasteiger partial charge in [0, 0.05) is 30.5 Å². The second-order valence-electron chi connectivity index (χ2n) is 10.4. The number of aryl methyl sites for hydroxylation is 6. The largest absolute Gasteiger partial charge is 2.00 e. The Balaban J connectivity index is 0.00000270. The van der Waals surface area contributed by atoms with Crippen LogP contribution in [0.4, 0.5) is 0 Å². The smallest absolute Gasteiger partial charge is 0.877 e. The average Bonchev–Trinajstić information content (AvgIpc) is 2.85. The number of carbonyl (C=O) groups excluding carboxylic acids is 3. The molecule has 0 heterocycles. The van der Waals surface area contributed by atoms with Crippen LogP contribution in [0.5, 0.6) is 0 Å². The van der Waals surface area contributed by atoms with E-state index in [1.165, 1.54) is 47.2 Å². The molecule has 9 heteroatoms. The summed E-state index contributed by atoms with van der Waals surface area (Å²) in [5.41, 5.74) is 7.90. The number of esters is 1. The Morgan fingerprint density at radius 2 is 1.07 bits per heavy atom. The number of carbonyl (C=O) groups is 3. The summed E-state index contributed by atoms with van der Waals surface area (Å²) in [6, 6.07) is 6.95. The molecular weight excluding hydrogens is 591 g/mol. The minimum absolute atomic E-state index is 0. The molecule has 43 heavy (non-hydrogen) atoms. The Kier molecular flexibility index (Phi) is 16.4. The molecule has 0 saturated carbocycles. The van der Waals surface area contributed by atoms with E-state index in [-0.39, 0.29) is 51.2 Å². The number of hydrogen-bond acceptors (Lipinski definition) is 8. The molecule has 2 atom stereocenters. The van der Waals surface area contributed by atoms with Crippen LogP contribution in [0.1, 0.15) is 84.3 Å². The summed E-state index contributed by atoms with van der Waals surface area (Å²) >= 11 is 0. The first kappa shape index (κ1) is 39.2. The van der Waals surface area contributed by atoms with Crippen molar-refractivity contribution in [1.29, 1.82) is 0 Å². The van der Waals surface area contributed by atoms with Gasteiger partial charge in [0.25, 0.3) is 0 Å². The average molecular weight is 634 g/mol. The fourth-order valence-electron chi connectivity index (χ4n) is 4.89. The summed E-state index contributed by atoms with van der Waals surface area (Å²) < 4.78 is 4.11. The Labute approximate surface area is 265 Å². The molecule has 0 saturated heterocycles. The zero-order valence-corrected chi connectivity index (χ0v) is 27.9. The molecule has 0 spiro atoms. The number of benzene rings is 2. The molecule has 233 valence electrons. The van der Waals surface area contributed by atoms with Gasteiger partial charge >= 0.3 is 22.7 Å². The van der Waals surface area contributed by atoms with Crippen molar-refractivity contribution < 1.29 is 46.1 Å². The zero-order valence-electron chi connectivity index (χ0n) is 26.9. The van der Waals surface area contributed by atoms with Gasteiger partial charge in [0.15, 0.2) is 11.6 Å². The number of Topliss-reactive ketones (excluding diaryl/α,β-unsaturated/α-hetero) is 2. The molecule has 0 unspecified atom stereocenters. The first-order valence-electron chi connectivity index (χ1n) is 13.5. The third-order valence-electron chi connectivity index (χ3n) is 6.68. The van der Waals surface area contributed by atoms with Crippen LogP contribution >= 0.6 is 0 Å². The van der Waals surface area contributed by atoms with Gasteiger partial charge in [-0.3, -0.25) is 24.4 Å². The van der Waals surface area contributed by atoms with Gasteiger partial charge in [-0.05, 0) is 88.8 Å². The van der Waals surface area contributed by atoms with Crippen LogP contribution in [-0.2, 0) is 35.9 Å². The summed E-state index contributed by atoms with van der Waals surface area (Å²) in [5, 5.41) is 23.7. The van der Waals surface area contributed by atoms with Crippen molar-refractivity contribution in [2.24, 2.45) is 9.98 Å². The van der Waals surface area contributed by atoms with Gasteiger partial charge in [0.05, 0.1) is 7.11 Å². The molecule has 0 aliphatic heterocycles. The summed E-state index contributed by atoms with van der Waals surface area (Å²) in [6.07, 6.45) is 3.14. The summed E-state index contributed by atoms with van der Waals surface area (Å²) in [5.74, 6) is -1.38. The van der Waals surface area contributed by atoms with E-state index in [9.17, 15) is 24.6 Å². The van der Waals surface area contributed by atoms with Gasteiger partial charge < -0.3 is 14.9 Å². The van der Waals surface area contributed by atoms with Gasteiger partial charge in [-0.2, -0.15) is 0 Å². The van der Waals surface area contributed by atoms with Crippen LogP contribution in [-0.4, -0.2) is 37.1 Å². The molecule has 0 N–H and O–H groups in total. The Bertz CT molecular complexity index is 1400. The standard InChI is InChI=1S/C31H38N2O4.C3H6O2.Co/c1-17-10-19(3)28(20(4)11-17)30(32-14-26(16-34)23(7)35)31(33-15-27(24(8)36)25(9)37)29-21(5)12-18(2)13-22(29)6;1-3(4)5-2;/h10-16,30-31,34,36H,1-9H3;1-2H3;/q;;+2/p-2/b26-16+,27-24+,32-14?,33-15?;;/t30-,31-;;/m1../s1. The van der Waals surface area contributed by atoms with Crippen LogP contribution in [0.3, 0.4) is 0 Å². The van der Waals surface area contributed by atoms with Crippen molar-refractivity contribution in [1.82, 2.24) is 0 Å². The number of methoxy groups -OCH3 is 1. The van der Waals surface area contributed by atoms with Crippen LogP contribution in [0.15, 0.2) is 57.4 Å². The molecule has 2 rings (SSSR count). The second kappa shape index (κ2) is 18.0. The van der Waals surface area contributed by atoms with Gasteiger partial charge in [0.1, 0.15) is 12.1 Å². The van der Waals surface area contributed by atoms with Crippen LogP contribution in [0.25, 0.3) is 0 Å². The predicted molar refractivity (Wildman–Crippen MR) is 164 cm³/mol. The minimum Gasteiger partial charge on any atom is -0.877 e. The van der Waals surface area contributed by atoms with Crippen LogP contribution in [0, 0.1) is 41.5 Å². The van der Waals surface area contributed by atoms with Crippen molar-refractivity contribution in [2.45, 2.75) is 81.3 Å². The molecule has 0 aromatic heterocycles. The monoisotopic (exact) mass is 633 g/mol. The third kappa shape index (κ3) is 11.4. The summed E-state index contributed by atoms with van der Waals surface area (Å²) in [4.78, 5) is 43.3. The maximum Gasteiger partial charge on any atom is 2.00 e. The molecular formula is C34H42CoN2O6. The molecule has 2 aromatic carbocycles. The zero-order chi connectivity index (χ0) is 32.3. The summed E-state index contributed by atoms with van der Waals surface area (Å²) in [6.45, 7) is 17.3. The molecule has 1 radical (unpaired) electrons. The molecule has 0 amide bonds. The Morgan fingerprint density at radius 1 is 0.721 bits per heavy atom. The molecule has 0 bridgehead atoms. The van der Waals surface area contributed by atoms with E-state index in [4.69, 9.17) is 9.98 Å². The number of nitrogens with zero attached hydrogens (tertiary/aromatic N) is 2. The number of ketones is 2. The van der Waals surface area contributed by atoms with Crippen molar-refractivity contribution in [3.8, 4) is 0 Å². The molecule has 2 aromatic rings. The van der Waals surface area contributed by atoms with E-state index >= 15 is 0 Å². The number of rotatable bonds is 9. The van der Waals surface area contributed by atoms with E-state index in [1.54, 1.807) is 0 Å². The van der Waals surface area contributed by atoms with Gasteiger partial charge in [-0.25, -0.2) is 0 Å². The molecule has 0 aliphatic rings. The number of aliphatic imine (C=N–C) groups is 2. The van der Waals surface area contributed by atoms with Gasteiger partial charge in [0.2, 0.25) is 0 Å². The van der Waals surface area contributed by atoms with E-state index in [0.717, 1.165) is 44.5 Å². The van der Waals surface area contributed by atoms with Crippen molar-refractivity contribution in [3.05, 3.63) is 91.9 Å². The number of allylic oxidation sites excluding steroid dienone is 3. The maximum absolute atomic E-state index is 12.2. The number of ether oxygens (including phenoxy) is 1. The molecule has 8 nitrogen and oxygen atoms in total. The topological polar surface area (TPSA) is 131 Å². The Morgan fingerprint density at radius 3 is 1.33 bits per heavy atom. The third-order valence-corrected chi connectivity index (χ3v) is 6.68. The van der Waals surface area contributed by atoms with E-state index in [1.807, 2.05) is 41.5 Å². The Hall–Kier alpha value is -3.82. The molecule has 0 aliphatic carbocycles. The molecule has 0 fully saturated rings. The van der Waals surface area contributed by atoms with Gasteiger partial charge in [-0.1, -0.05) is 42.3 Å². The first-order chi connectivity index (χ1) is 19.5. The van der Waals surface area contributed by atoms with Crippen LogP contribution in [0.2, 0.25) is 0 Å². The second-order valence-corrected chi connectivity index (χ2v) is 10.4. The minimum atomic E-state index is -0.634. The summed E-state index contributed by atoms with van der Waals surface area (Å²) in [7, 11) is 1.35.